The summed E-state index contributed by atoms with van der Waals surface area (Å²) >= 11 is 0. The number of nitrogens with two attached hydrogens (primary N) is 1. The second-order valence-electron chi connectivity index (χ2n) is 3.83. The summed E-state index contributed by atoms with van der Waals surface area (Å²) in [5.41, 5.74) is 7.10. The highest BCUT2D eigenvalue weighted by Crippen LogP contribution is 2.12. The van der Waals surface area contributed by atoms with E-state index in [1.54, 1.807) is 17.8 Å². The number of aromatic nitrogens is 2. The lowest BCUT2D eigenvalue weighted by Gasteiger charge is -2.00. The van der Waals surface area contributed by atoms with Crippen molar-refractivity contribution >= 4 is 11.8 Å². The van der Waals surface area contributed by atoms with Crippen molar-refractivity contribution in [1.29, 1.82) is 0 Å². The molecule has 5 nitrogen and oxygen atoms in total. The molecule has 0 radical (unpaired) electrons. The number of nitrogen functional groups attached to an aromatic ring is 1. The zero-order valence-electron chi connectivity index (χ0n) is 10.2. The highest BCUT2D eigenvalue weighted by molar-refractivity contribution is 5.93. The molecule has 0 aliphatic heterocycles. The molecule has 0 amide bonds. The number of ether oxygens (including phenoxy) is 1. The van der Waals surface area contributed by atoms with Crippen LogP contribution in [0.3, 0.4) is 0 Å². The van der Waals surface area contributed by atoms with Crippen molar-refractivity contribution in [2.24, 2.45) is 0 Å². The second-order valence-corrected chi connectivity index (χ2v) is 3.83. The Morgan fingerprint density at radius 3 is 2.78 bits per heavy atom. The number of hydrogen-bond donors (Lipinski definition) is 1. The topological polar surface area (TPSA) is 70.1 Å². The van der Waals surface area contributed by atoms with Gasteiger partial charge in [-0.15, -0.1) is 0 Å². The molecule has 1 heterocycles. The zero-order chi connectivity index (χ0) is 13.0. The Hall–Kier alpha value is -2.30. The highest BCUT2D eigenvalue weighted by Gasteiger charge is 2.15. The standard InChI is InChI=1S/C13H15N3O2/c1-2-18-13(17)11-9-16(15-12(11)14)8-10-6-4-3-5-7-10/h3-7,9H,2,8H2,1H3,(H2,14,15). The molecule has 0 saturated carbocycles. The number of rotatable bonds is 4. The van der Waals surface area contributed by atoms with E-state index in [-0.39, 0.29) is 5.82 Å². The van der Waals surface area contributed by atoms with Crippen LogP contribution in [0.15, 0.2) is 36.5 Å². The maximum atomic E-state index is 11.6. The summed E-state index contributed by atoms with van der Waals surface area (Å²) in [5.74, 6) is -0.237. The lowest BCUT2D eigenvalue weighted by molar-refractivity contribution is 0.0527. The third-order valence-corrected chi connectivity index (χ3v) is 2.47. The SMILES string of the molecule is CCOC(=O)c1cn(Cc2ccccc2)nc1N. The van der Waals surface area contributed by atoms with E-state index in [1.807, 2.05) is 30.3 Å². The molecular formula is C13H15N3O2. The molecule has 0 spiro atoms. The fraction of sp³-hybridized carbons (Fsp3) is 0.231. The van der Waals surface area contributed by atoms with E-state index < -0.39 is 5.97 Å². The van der Waals surface area contributed by atoms with Crippen LogP contribution in [0.25, 0.3) is 0 Å². The molecule has 0 aliphatic carbocycles. The van der Waals surface area contributed by atoms with Crippen molar-refractivity contribution in [2.75, 3.05) is 12.3 Å². The van der Waals surface area contributed by atoms with E-state index in [2.05, 4.69) is 5.10 Å². The molecule has 2 aromatic rings. The van der Waals surface area contributed by atoms with Crippen LogP contribution in [-0.2, 0) is 11.3 Å². The van der Waals surface area contributed by atoms with Crippen LogP contribution in [-0.4, -0.2) is 22.4 Å². The van der Waals surface area contributed by atoms with Crippen molar-refractivity contribution in [3.05, 3.63) is 47.7 Å². The first-order valence-electron chi connectivity index (χ1n) is 5.74. The van der Waals surface area contributed by atoms with Gasteiger partial charge in [-0.1, -0.05) is 30.3 Å². The van der Waals surface area contributed by atoms with Gasteiger partial charge in [0.15, 0.2) is 5.82 Å². The summed E-state index contributed by atoms with van der Waals surface area (Å²) in [6.45, 7) is 2.65. The number of carbonyl (C=O) groups excluding carboxylic acids is 1. The molecule has 0 aliphatic rings. The maximum Gasteiger partial charge on any atom is 0.343 e. The molecule has 0 bridgehead atoms. The molecule has 94 valence electrons. The molecule has 0 fully saturated rings. The Morgan fingerprint density at radius 1 is 1.39 bits per heavy atom. The summed E-state index contributed by atoms with van der Waals surface area (Å²) in [6.07, 6.45) is 1.61. The average molecular weight is 245 g/mol. The molecule has 1 aromatic carbocycles. The molecule has 2 N–H and O–H groups in total. The summed E-state index contributed by atoms with van der Waals surface area (Å²) < 4.78 is 6.54. The molecule has 0 unspecified atom stereocenters. The van der Waals surface area contributed by atoms with Gasteiger partial charge in [0.1, 0.15) is 5.56 Å². The third kappa shape index (κ3) is 2.68. The fourth-order valence-corrected chi connectivity index (χ4v) is 1.65. The number of carbonyl (C=O) groups is 1. The van der Waals surface area contributed by atoms with Gasteiger partial charge in [-0.2, -0.15) is 5.10 Å². The Bertz CT molecular complexity index is 534. The number of anilines is 1. The fourth-order valence-electron chi connectivity index (χ4n) is 1.65. The van der Waals surface area contributed by atoms with Crippen LogP contribution >= 0.6 is 0 Å². The van der Waals surface area contributed by atoms with Gasteiger partial charge in [-0.25, -0.2) is 4.79 Å². The van der Waals surface area contributed by atoms with Gasteiger partial charge >= 0.3 is 5.97 Å². The minimum absolute atomic E-state index is 0.199. The highest BCUT2D eigenvalue weighted by atomic mass is 16.5. The summed E-state index contributed by atoms with van der Waals surface area (Å²) in [5, 5.41) is 4.10. The predicted octanol–water partition coefficient (Wildman–Crippen LogP) is 1.69. The van der Waals surface area contributed by atoms with Crippen molar-refractivity contribution < 1.29 is 9.53 Å². The van der Waals surface area contributed by atoms with Crippen LogP contribution in [0.2, 0.25) is 0 Å². The van der Waals surface area contributed by atoms with Gasteiger partial charge in [-0.05, 0) is 12.5 Å². The zero-order valence-corrected chi connectivity index (χ0v) is 10.2. The first kappa shape index (κ1) is 12.2. The Morgan fingerprint density at radius 2 is 2.11 bits per heavy atom. The molecule has 5 heteroatoms. The van der Waals surface area contributed by atoms with Crippen molar-refractivity contribution in [3.8, 4) is 0 Å². The van der Waals surface area contributed by atoms with Gasteiger partial charge in [0.2, 0.25) is 0 Å². The minimum atomic E-state index is -0.436. The van der Waals surface area contributed by atoms with E-state index in [9.17, 15) is 4.79 Å². The Kier molecular flexibility index (Phi) is 3.62. The monoisotopic (exact) mass is 245 g/mol. The molecular weight excluding hydrogens is 230 g/mol. The van der Waals surface area contributed by atoms with Crippen LogP contribution < -0.4 is 5.73 Å². The molecule has 0 saturated heterocycles. The van der Waals surface area contributed by atoms with Crippen molar-refractivity contribution in [2.45, 2.75) is 13.5 Å². The summed E-state index contributed by atoms with van der Waals surface area (Å²) in [7, 11) is 0. The Balaban J connectivity index is 2.16. The average Bonchev–Trinajstić information content (AvgIpc) is 2.72. The summed E-state index contributed by atoms with van der Waals surface area (Å²) in [6, 6.07) is 9.83. The van der Waals surface area contributed by atoms with Gasteiger partial charge in [0.05, 0.1) is 13.2 Å². The van der Waals surface area contributed by atoms with Crippen LogP contribution in [0.1, 0.15) is 22.8 Å². The Labute approximate surface area is 105 Å². The minimum Gasteiger partial charge on any atom is -0.462 e. The van der Waals surface area contributed by atoms with Crippen LogP contribution in [0.4, 0.5) is 5.82 Å². The van der Waals surface area contributed by atoms with Gasteiger partial charge in [0.25, 0.3) is 0 Å². The number of benzene rings is 1. The first-order chi connectivity index (χ1) is 8.70. The molecule has 1 aromatic heterocycles. The van der Waals surface area contributed by atoms with E-state index in [4.69, 9.17) is 10.5 Å². The number of esters is 1. The predicted molar refractivity (Wildman–Crippen MR) is 68.1 cm³/mol. The molecule has 0 atom stereocenters. The van der Waals surface area contributed by atoms with Crippen molar-refractivity contribution in [1.82, 2.24) is 9.78 Å². The van der Waals surface area contributed by atoms with Gasteiger partial charge in [0, 0.05) is 6.20 Å². The molecule has 2 rings (SSSR count). The van der Waals surface area contributed by atoms with E-state index >= 15 is 0 Å². The van der Waals surface area contributed by atoms with E-state index in [0.29, 0.717) is 18.7 Å². The number of hydrogen-bond acceptors (Lipinski definition) is 4. The van der Waals surface area contributed by atoms with E-state index in [1.165, 1.54) is 0 Å². The van der Waals surface area contributed by atoms with Gasteiger partial charge in [-0.3, -0.25) is 4.68 Å². The number of nitrogens with zero attached hydrogens (tertiary/aromatic N) is 2. The van der Waals surface area contributed by atoms with Crippen LogP contribution in [0, 0.1) is 0 Å². The first-order valence-corrected chi connectivity index (χ1v) is 5.74. The molecule has 18 heavy (non-hydrogen) atoms. The van der Waals surface area contributed by atoms with Gasteiger partial charge < -0.3 is 10.5 Å². The third-order valence-electron chi connectivity index (χ3n) is 2.47. The second kappa shape index (κ2) is 5.35. The maximum absolute atomic E-state index is 11.6. The summed E-state index contributed by atoms with van der Waals surface area (Å²) in [4.78, 5) is 11.6. The lowest BCUT2D eigenvalue weighted by atomic mass is 10.2. The van der Waals surface area contributed by atoms with Crippen molar-refractivity contribution in [3.63, 3.8) is 0 Å². The largest absolute Gasteiger partial charge is 0.462 e. The smallest absolute Gasteiger partial charge is 0.343 e. The van der Waals surface area contributed by atoms with E-state index in [0.717, 1.165) is 5.56 Å². The quantitative estimate of drug-likeness (QED) is 0.832. The normalized spacial score (nSPS) is 10.3. The lowest BCUT2D eigenvalue weighted by Crippen LogP contribution is -2.06. The van der Waals surface area contributed by atoms with Crippen LogP contribution in [0.5, 0.6) is 0 Å².